The summed E-state index contributed by atoms with van der Waals surface area (Å²) in [4.78, 5) is 2.61. The second-order valence-electron chi connectivity index (χ2n) is 7.08. The topological polar surface area (TPSA) is 21.7 Å². The van der Waals surface area contributed by atoms with Gasteiger partial charge in [-0.1, -0.05) is 19.1 Å². The van der Waals surface area contributed by atoms with E-state index in [9.17, 15) is 4.39 Å². The first-order valence-electron chi connectivity index (χ1n) is 9.52. The molecule has 0 fully saturated rings. The number of nitrogens with zero attached hydrogens (tertiary/aromatic N) is 1. The van der Waals surface area contributed by atoms with Crippen molar-refractivity contribution in [3.05, 3.63) is 47.0 Å². The Labute approximate surface area is 166 Å². The van der Waals surface area contributed by atoms with Crippen molar-refractivity contribution in [2.75, 3.05) is 33.5 Å². The number of rotatable bonds is 6. The maximum atomic E-state index is 12.7. The molecule has 1 aliphatic carbocycles. The van der Waals surface area contributed by atoms with Gasteiger partial charge in [0.05, 0.1) is 7.11 Å². The summed E-state index contributed by atoms with van der Waals surface area (Å²) in [5, 5.41) is 0. The molecule has 0 saturated carbocycles. The van der Waals surface area contributed by atoms with Gasteiger partial charge in [-0.3, -0.25) is 4.90 Å². The SMILES string of the molecule is CCCN1CCc2cc(OC)cc3c2[C@H]1Cc1cccc(OCCF)c1-3.Cl. The largest absolute Gasteiger partial charge is 0.497 e. The normalized spacial score (nSPS) is 17.5. The number of halogens is 2. The lowest BCUT2D eigenvalue weighted by molar-refractivity contribution is 0.182. The Morgan fingerprint density at radius 2 is 2.07 bits per heavy atom. The van der Waals surface area contributed by atoms with Gasteiger partial charge in [0, 0.05) is 18.2 Å². The number of alkyl halides is 1. The lowest BCUT2D eigenvalue weighted by Gasteiger charge is -2.42. The van der Waals surface area contributed by atoms with Crippen molar-refractivity contribution in [3.63, 3.8) is 0 Å². The molecule has 0 saturated heterocycles. The zero-order valence-corrected chi connectivity index (χ0v) is 16.8. The highest BCUT2D eigenvalue weighted by Gasteiger charge is 2.35. The molecular weight excluding hydrogens is 365 g/mol. The number of methoxy groups -OCH3 is 1. The summed E-state index contributed by atoms with van der Waals surface area (Å²) in [7, 11) is 1.72. The highest BCUT2D eigenvalue weighted by molar-refractivity contribution is 5.85. The number of hydrogen-bond donors (Lipinski definition) is 0. The van der Waals surface area contributed by atoms with Crippen LogP contribution in [0.25, 0.3) is 11.1 Å². The molecular formula is C22H27ClFNO2. The van der Waals surface area contributed by atoms with E-state index in [0.29, 0.717) is 6.04 Å². The predicted octanol–water partition coefficient (Wildman–Crippen LogP) is 5.00. The highest BCUT2D eigenvalue weighted by Crippen LogP contribution is 2.49. The van der Waals surface area contributed by atoms with E-state index in [1.807, 2.05) is 12.1 Å². The average molecular weight is 392 g/mol. The van der Waals surface area contributed by atoms with E-state index in [4.69, 9.17) is 9.47 Å². The Bertz CT molecular complexity index is 811. The molecule has 0 amide bonds. The van der Waals surface area contributed by atoms with Gasteiger partial charge in [0.15, 0.2) is 0 Å². The third-order valence-corrected chi connectivity index (χ3v) is 5.56. The maximum Gasteiger partial charge on any atom is 0.127 e. The quantitative estimate of drug-likeness (QED) is 0.691. The van der Waals surface area contributed by atoms with Crippen molar-refractivity contribution in [1.29, 1.82) is 0 Å². The Kier molecular flexibility index (Phi) is 6.28. The molecule has 0 bridgehead atoms. The fourth-order valence-electron chi connectivity index (χ4n) is 4.53. The molecule has 2 aromatic rings. The standard InChI is InChI=1S/C22H26FNO2.ClH/c1-3-9-24-10-7-16-12-17(25-2)14-18-21(16)19(24)13-15-5-4-6-20(22(15)18)26-11-8-23;/h4-6,12,14,19H,3,7-11,13H2,1-2H3;1H/t19-;/m1./s1. The molecule has 2 aromatic carbocycles. The van der Waals surface area contributed by atoms with Crippen LogP contribution in [-0.4, -0.2) is 38.4 Å². The lowest BCUT2D eigenvalue weighted by atomic mass is 9.76. The van der Waals surface area contributed by atoms with Crippen LogP contribution in [-0.2, 0) is 12.8 Å². The Morgan fingerprint density at radius 1 is 1.22 bits per heavy atom. The van der Waals surface area contributed by atoms with Crippen molar-refractivity contribution < 1.29 is 13.9 Å². The summed E-state index contributed by atoms with van der Waals surface area (Å²) >= 11 is 0. The van der Waals surface area contributed by atoms with E-state index < -0.39 is 6.67 Å². The predicted molar refractivity (Wildman–Crippen MR) is 109 cm³/mol. The Hall–Kier alpha value is -1.78. The van der Waals surface area contributed by atoms with Crippen molar-refractivity contribution in [1.82, 2.24) is 4.90 Å². The molecule has 0 unspecified atom stereocenters. The number of ether oxygens (including phenoxy) is 2. The second-order valence-corrected chi connectivity index (χ2v) is 7.08. The zero-order chi connectivity index (χ0) is 18.1. The summed E-state index contributed by atoms with van der Waals surface area (Å²) < 4.78 is 24.0. The average Bonchev–Trinajstić information content (AvgIpc) is 2.67. The third kappa shape index (κ3) is 3.53. The maximum absolute atomic E-state index is 12.7. The molecule has 0 spiro atoms. The third-order valence-electron chi connectivity index (χ3n) is 5.56. The van der Waals surface area contributed by atoms with Crippen LogP contribution in [0, 0.1) is 0 Å². The van der Waals surface area contributed by atoms with E-state index in [-0.39, 0.29) is 19.0 Å². The van der Waals surface area contributed by atoms with Gasteiger partial charge in [-0.2, -0.15) is 0 Å². The van der Waals surface area contributed by atoms with Crippen molar-refractivity contribution in [2.45, 2.75) is 32.2 Å². The fourth-order valence-corrected chi connectivity index (χ4v) is 4.53. The van der Waals surface area contributed by atoms with Crippen LogP contribution in [0.1, 0.15) is 36.1 Å². The zero-order valence-electron chi connectivity index (χ0n) is 16.0. The highest BCUT2D eigenvalue weighted by atomic mass is 35.5. The first-order valence-corrected chi connectivity index (χ1v) is 9.52. The van der Waals surface area contributed by atoms with Gasteiger partial charge in [0.25, 0.3) is 0 Å². The van der Waals surface area contributed by atoms with Crippen molar-refractivity contribution >= 4 is 12.4 Å². The van der Waals surface area contributed by atoms with E-state index in [2.05, 4.69) is 30.0 Å². The molecule has 2 aliphatic rings. The minimum Gasteiger partial charge on any atom is -0.497 e. The number of hydrogen-bond acceptors (Lipinski definition) is 3. The number of fused-ring (bicyclic) bond motifs is 2. The van der Waals surface area contributed by atoms with Gasteiger partial charge >= 0.3 is 0 Å². The number of benzene rings is 2. The molecule has 1 aliphatic heterocycles. The fraction of sp³-hybridized carbons (Fsp3) is 0.455. The van der Waals surface area contributed by atoms with Gasteiger partial charge < -0.3 is 9.47 Å². The molecule has 0 aromatic heterocycles. The minimum atomic E-state index is -0.479. The van der Waals surface area contributed by atoms with Crippen LogP contribution in [0.5, 0.6) is 11.5 Å². The monoisotopic (exact) mass is 391 g/mol. The van der Waals surface area contributed by atoms with Gasteiger partial charge in [-0.15, -0.1) is 12.4 Å². The van der Waals surface area contributed by atoms with Gasteiger partial charge in [-0.25, -0.2) is 4.39 Å². The summed E-state index contributed by atoms with van der Waals surface area (Å²) in [5.41, 5.74) is 6.38. The van der Waals surface area contributed by atoms with Crippen LogP contribution < -0.4 is 9.47 Å². The summed E-state index contributed by atoms with van der Waals surface area (Å²) in [5.74, 6) is 1.66. The molecule has 1 heterocycles. The molecule has 5 heteroatoms. The van der Waals surface area contributed by atoms with Gasteiger partial charge in [-0.05, 0) is 66.3 Å². The van der Waals surface area contributed by atoms with Crippen LogP contribution in [0.4, 0.5) is 4.39 Å². The first kappa shape index (κ1) is 20.0. The van der Waals surface area contributed by atoms with Crippen molar-refractivity contribution in [3.8, 4) is 22.6 Å². The molecule has 3 nitrogen and oxygen atoms in total. The van der Waals surface area contributed by atoms with E-state index in [0.717, 1.165) is 49.4 Å². The molecule has 0 radical (unpaired) electrons. The molecule has 0 N–H and O–H groups in total. The smallest absolute Gasteiger partial charge is 0.127 e. The molecule has 27 heavy (non-hydrogen) atoms. The van der Waals surface area contributed by atoms with E-state index in [1.54, 1.807) is 7.11 Å². The summed E-state index contributed by atoms with van der Waals surface area (Å²) in [6.07, 6.45) is 3.18. The summed E-state index contributed by atoms with van der Waals surface area (Å²) in [6.45, 7) is 4.05. The molecule has 4 rings (SSSR count). The minimum absolute atomic E-state index is 0. The molecule has 146 valence electrons. The van der Waals surface area contributed by atoms with Crippen LogP contribution >= 0.6 is 12.4 Å². The Morgan fingerprint density at radius 3 is 2.81 bits per heavy atom. The van der Waals surface area contributed by atoms with Crippen LogP contribution in [0.15, 0.2) is 30.3 Å². The lowest BCUT2D eigenvalue weighted by Crippen LogP contribution is -2.38. The second kappa shape index (κ2) is 8.49. The molecule has 1 atom stereocenters. The van der Waals surface area contributed by atoms with Gasteiger partial charge in [0.1, 0.15) is 24.8 Å². The van der Waals surface area contributed by atoms with Gasteiger partial charge in [0.2, 0.25) is 0 Å². The summed E-state index contributed by atoms with van der Waals surface area (Å²) in [6, 6.07) is 10.9. The van der Waals surface area contributed by atoms with E-state index in [1.165, 1.54) is 22.3 Å². The van der Waals surface area contributed by atoms with E-state index >= 15 is 0 Å². The first-order chi connectivity index (χ1) is 12.8. The Balaban J connectivity index is 0.00000210. The van der Waals surface area contributed by atoms with Crippen molar-refractivity contribution in [2.24, 2.45) is 0 Å². The van der Waals surface area contributed by atoms with Crippen LogP contribution in [0.3, 0.4) is 0 Å². The van der Waals surface area contributed by atoms with Crippen LogP contribution in [0.2, 0.25) is 0 Å².